The molecule has 0 unspecified atom stereocenters. The number of hydrogen-bond acceptors (Lipinski definition) is 2. The maximum absolute atomic E-state index is 11.1. The number of hydrogen-bond donors (Lipinski definition) is 0. The van der Waals surface area contributed by atoms with E-state index in [-0.39, 0.29) is 0 Å². The molecule has 0 bridgehead atoms. The molecule has 2 nitrogen and oxygen atoms in total. The third-order valence-electron chi connectivity index (χ3n) is 3.42. The summed E-state index contributed by atoms with van der Waals surface area (Å²) in [5.41, 5.74) is 0. The van der Waals surface area contributed by atoms with Crippen LogP contribution in [0.5, 0.6) is 0 Å². The summed E-state index contributed by atoms with van der Waals surface area (Å²) in [5, 5.41) is 0. The Morgan fingerprint density at radius 3 is 2.31 bits per heavy atom. The number of likely N-dealkylation sites (tertiary alicyclic amines) is 1. The van der Waals surface area contributed by atoms with Gasteiger partial charge in [0.05, 0.1) is 0 Å². The van der Waals surface area contributed by atoms with Gasteiger partial charge >= 0.3 is 0 Å². The first-order valence-electron chi connectivity index (χ1n) is 6.92. The van der Waals surface area contributed by atoms with Gasteiger partial charge < -0.3 is 4.90 Å². The quantitative estimate of drug-likeness (QED) is 0.620. The number of rotatable bonds is 7. The second kappa shape index (κ2) is 7.83. The van der Waals surface area contributed by atoms with Crippen molar-refractivity contribution in [3.8, 4) is 0 Å². The Hall–Kier alpha value is -0.370. The lowest BCUT2D eigenvalue weighted by Gasteiger charge is -2.25. The summed E-state index contributed by atoms with van der Waals surface area (Å²) < 4.78 is 0. The largest absolute Gasteiger partial charge is 0.302 e. The van der Waals surface area contributed by atoms with Gasteiger partial charge in [0.25, 0.3) is 0 Å². The zero-order valence-corrected chi connectivity index (χ0v) is 11.0. The first-order chi connectivity index (χ1) is 7.68. The van der Waals surface area contributed by atoms with Crippen LogP contribution in [-0.2, 0) is 4.79 Å². The van der Waals surface area contributed by atoms with Crippen molar-refractivity contribution in [3.63, 3.8) is 0 Å². The first-order valence-corrected chi connectivity index (χ1v) is 6.92. The Balaban J connectivity index is 1.89. The Morgan fingerprint density at radius 1 is 1.06 bits per heavy atom. The molecule has 16 heavy (non-hydrogen) atoms. The second-order valence-corrected chi connectivity index (χ2v) is 5.48. The van der Waals surface area contributed by atoms with Gasteiger partial charge in [0.1, 0.15) is 5.78 Å². The SMILES string of the molecule is CC(C)CCCCCCN1CCC(=O)CC1. The predicted molar refractivity (Wildman–Crippen MR) is 68.6 cm³/mol. The smallest absolute Gasteiger partial charge is 0.135 e. The van der Waals surface area contributed by atoms with Crippen LogP contribution in [0.15, 0.2) is 0 Å². The fraction of sp³-hybridized carbons (Fsp3) is 0.929. The average molecular weight is 225 g/mol. The maximum atomic E-state index is 11.1. The van der Waals surface area contributed by atoms with Crippen LogP contribution < -0.4 is 0 Å². The summed E-state index contributed by atoms with van der Waals surface area (Å²) >= 11 is 0. The molecular weight excluding hydrogens is 198 g/mol. The van der Waals surface area contributed by atoms with E-state index in [1.165, 1.54) is 38.6 Å². The van der Waals surface area contributed by atoms with E-state index in [0.717, 1.165) is 31.8 Å². The van der Waals surface area contributed by atoms with Crippen LogP contribution in [0.1, 0.15) is 58.8 Å². The van der Waals surface area contributed by atoms with E-state index >= 15 is 0 Å². The van der Waals surface area contributed by atoms with Crippen molar-refractivity contribution < 1.29 is 4.79 Å². The molecule has 0 aromatic carbocycles. The summed E-state index contributed by atoms with van der Waals surface area (Å²) in [6.07, 6.45) is 8.38. The van der Waals surface area contributed by atoms with E-state index < -0.39 is 0 Å². The molecule has 1 aliphatic rings. The van der Waals surface area contributed by atoms with Crippen molar-refractivity contribution in [2.75, 3.05) is 19.6 Å². The van der Waals surface area contributed by atoms with Crippen LogP contribution >= 0.6 is 0 Å². The van der Waals surface area contributed by atoms with E-state index in [4.69, 9.17) is 0 Å². The zero-order chi connectivity index (χ0) is 11.8. The lowest BCUT2D eigenvalue weighted by atomic mass is 10.0. The van der Waals surface area contributed by atoms with Crippen LogP contribution in [0.3, 0.4) is 0 Å². The fourth-order valence-electron chi connectivity index (χ4n) is 2.27. The monoisotopic (exact) mass is 225 g/mol. The molecule has 1 fully saturated rings. The highest BCUT2D eigenvalue weighted by atomic mass is 16.1. The minimum Gasteiger partial charge on any atom is -0.302 e. The Kier molecular flexibility index (Phi) is 6.70. The van der Waals surface area contributed by atoms with Crippen molar-refractivity contribution in [2.24, 2.45) is 5.92 Å². The van der Waals surface area contributed by atoms with Gasteiger partial charge in [-0.25, -0.2) is 0 Å². The summed E-state index contributed by atoms with van der Waals surface area (Å²) in [7, 11) is 0. The topological polar surface area (TPSA) is 20.3 Å². The van der Waals surface area contributed by atoms with E-state index in [1.807, 2.05) is 0 Å². The molecular formula is C14H27NO. The van der Waals surface area contributed by atoms with Crippen molar-refractivity contribution >= 4 is 5.78 Å². The van der Waals surface area contributed by atoms with E-state index in [0.29, 0.717) is 5.78 Å². The summed E-state index contributed by atoms with van der Waals surface area (Å²) in [6, 6.07) is 0. The molecule has 0 saturated carbocycles. The molecule has 0 amide bonds. The summed E-state index contributed by atoms with van der Waals surface area (Å²) in [6.45, 7) is 7.81. The fourth-order valence-corrected chi connectivity index (χ4v) is 2.27. The Morgan fingerprint density at radius 2 is 1.69 bits per heavy atom. The van der Waals surface area contributed by atoms with Crippen molar-refractivity contribution in [2.45, 2.75) is 58.8 Å². The van der Waals surface area contributed by atoms with Crippen LogP contribution in [0.25, 0.3) is 0 Å². The maximum Gasteiger partial charge on any atom is 0.135 e. The number of Topliss-reactive ketones (excluding diaryl/α,β-unsaturated/α-hetero) is 1. The van der Waals surface area contributed by atoms with E-state index in [9.17, 15) is 4.79 Å². The van der Waals surface area contributed by atoms with Gasteiger partial charge in [0.15, 0.2) is 0 Å². The van der Waals surface area contributed by atoms with Gasteiger partial charge in [0, 0.05) is 25.9 Å². The lowest BCUT2D eigenvalue weighted by Crippen LogP contribution is -2.34. The number of carbonyl (C=O) groups is 1. The molecule has 1 aliphatic heterocycles. The number of nitrogens with zero attached hydrogens (tertiary/aromatic N) is 1. The standard InChI is InChI=1S/C14H27NO/c1-13(2)7-5-3-4-6-10-15-11-8-14(16)9-12-15/h13H,3-12H2,1-2H3. The van der Waals surface area contributed by atoms with Crippen LogP contribution in [0.2, 0.25) is 0 Å². The van der Waals surface area contributed by atoms with Crippen molar-refractivity contribution in [3.05, 3.63) is 0 Å². The number of piperidine rings is 1. The van der Waals surface area contributed by atoms with Gasteiger partial charge in [-0.15, -0.1) is 0 Å². The Labute approximate surface area is 100 Å². The van der Waals surface area contributed by atoms with Crippen molar-refractivity contribution in [1.29, 1.82) is 0 Å². The molecule has 0 aromatic rings. The normalized spacial score (nSPS) is 18.3. The average Bonchev–Trinajstić information content (AvgIpc) is 2.25. The molecule has 0 atom stereocenters. The third-order valence-corrected chi connectivity index (χ3v) is 3.42. The molecule has 0 spiro atoms. The summed E-state index contributed by atoms with van der Waals surface area (Å²) in [4.78, 5) is 13.5. The molecule has 2 heteroatoms. The highest BCUT2D eigenvalue weighted by Gasteiger charge is 2.14. The lowest BCUT2D eigenvalue weighted by molar-refractivity contribution is -0.121. The highest BCUT2D eigenvalue weighted by Crippen LogP contribution is 2.11. The number of ketones is 1. The minimum atomic E-state index is 0.452. The minimum absolute atomic E-state index is 0.452. The molecule has 0 aliphatic carbocycles. The van der Waals surface area contributed by atoms with Crippen molar-refractivity contribution in [1.82, 2.24) is 4.90 Å². The van der Waals surface area contributed by atoms with Gasteiger partial charge in [-0.2, -0.15) is 0 Å². The second-order valence-electron chi connectivity index (χ2n) is 5.48. The molecule has 1 heterocycles. The predicted octanol–water partition coefficient (Wildman–Crippen LogP) is 3.26. The summed E-state index contributed by atoms with van der Waals surface area (Å²) in [5.74, 6) is 1.31. The van der Waals surface area contributed by atoms with Crippen LogP contribution in [0.4, 0.5) is 0 Å². The van der Waals surface area contributed by atoms with E-state index in [2.05, 4.69) is 18.7 Å². The number of unbranched alkanes of at least 4 members (excludes halogenated alkanes) is 3. The van der Waals surface area contributed by atoms with Gasteiger partial charge in [-0.3, -0.25) is 4.79 Å². The molecule has 0 aromatic heterocycles. The Bertz CT molecular complexity index is 191. The molecule has 1 rings (SSSR count). The highest BCUT2D eigenvalue weighted by molar-refractivity contribution is 5.79. The first kappa shape index (κ1) is 13.7. The van der Waals surface area contributed by atoms with Gasteiger partial charge in [0.2, 0.25) is 0 Å². The van der Waals surface area contributed by atoms with Gasteiger partial charge in [-0.05, 0) is 18.9 Å². The van der Waals surface area contributed by atoms with Crippen LogP contribution in [0, 0.1) is 5.92 Å². The molecule has 0 radical (unpaired) electrons. The molecule has 0 N–H and O–H groups in total. The van der Waals surface area contributed by atoms with Gasteiger partial charge in [-0.1, -0.05) is 39.5 Å². The zero-order valence-electron chi connectivity index (χ0n) is 11.0. The van der Waals surface area contributed by atoms with Crippen LogP contribution in [-0.4, -0.2) is 30.3 Å². The van der Waals surface area contributed by atoms with E-state index in [1.54, 1.807) is 0 Å². The molecule has 1 saturated heterocycles. The molecule has 94 valence electrons. The third kappa shape index (κ3) is 6.26. The number of carbonyl (C=O) groups excluding carboxylic acids is 1.